The summed E-state index contributed by atoms with van der Waals surface area (Å²) in [5.41, 5.74) is 0. The zero-order valence-corrected chi connectivity index (χ0v) is 19.8. The van der Waals surface area contributed by atoms with E-state index >= 15 is 0 Å². The van der Waals surface area contributed by atoms with Crippen LogP contribution in [0.25, 0.3) is 0 Å². The molecule has 2 saturated carbocycles. The van der Waals surface area contributed by atoms with Crippen LogP contribution in [0.3, 0.4) is 0 Å². The zero-order valence-electron chi connectivity index (χ0n) is 16.9. The van der Waals surface area contributed by atoms with Gasteiger partial charge in [0.1, 0.15) is 0 Å². The first kappa shape index (κ1) is 23.9. The predicted octanol–water partition coefficient (Wildman–Crippen LogP) is 6.96. The van der Waals surface area contributed by atoms with Crippen molar-refractivity contribution in [2.24, 2.45) is 29.6 Å². The molecule has 3 aliphatic rings. The van der Waals surface area contributed by atoms with E-state index in [1.165, 1.54) is 64.2 Å². The SMILES string of the molecule is C=C.C=CC1CCC(C2CCC(/C=C/C3CCC(C)CC3)CO2)CC1.[W]. The van der Waals surface area contributed by atoms with Crippen LogP contribution < -0.4 is 0 Å². The minimum absolute atomic E-state index is 0. The first-order chi connectivity index (χ1) is 12.2. The summed E-state index contributed by atoms with van der Waals surface area (Å²) in [5, 5.41) is 0. The molecule has 0 aromatic carbocycles. The molecule has 0 amide bonds. The molecular weight excluding hydrogens is 488 g/mol. The molecule has 2 aliphatic carbocycles. The van der Waals surface area contributed by atoms with E-state index in [0.29, 0.717) is 12.0 Å². The zero-order chi connectivity index (χ0) is 18.1. The molecular formula is C24H40OW. The molecule has 148 valence electrons. The average molecular weight is 528 g/mol. The number of hydrogen-bond donors (Lipinski definition) is 0. The van der Waals surface area contributed by atoms with E-state index in [2.05, 4.69) is 44.9 Å². The second kappa shape index (κ2) is 13.1. The van der Waals surface area contributed by atoms with Crippen molar-refractivity contribution in [1.29, 1.82) is 0 Å². The van der Waals surface area contributed by atoms with Gasteiger partial charge >= 0.3 is 0 Å². The molecule has 1 heterocycles. The van der Waals surface area contributed by atoms with E-state index in [-0.39, 0.29) is 21.1 Å². The Balaban J connectivity index is 0.00000109. The van der Waals surface area contributed by atoms with Gasteiger partial charge < -0.3 is 4.74 Å². The Kier molecular flexibility index (Phi) is 12.1. The summed E-state index contributed by atoms with van der Waals surface area (Å²) in [6.45, 7) is 13.3. The largest absolute Gasteiger partial charge is 0.377 e. The molecule has 0 aromatic heterocycles. The minimum atomic E-state index is 0. The van der Waals surface area contributed by atoms with Crippen molar-refractivity contribution in [1.82, 2.24) is 0 Å². The van der Waals surface area contributed by atoms with Gasteiger partial charge in [0.25, 0.3) is 0 Å². The minimum Gasteiger partial charge on any atom is -0.377 e. The number of allylic oxidation sites excluding steroid dienone is 2. The van der Waals surface area contributed by atoms with Gasteiger partial charge in [-0.1, -0.05) is 38.0 Å². The fourth-order valence-corrected chi connectivity index (χ4v) is 4.86. The second-order valence-corrected chi connectivity index (χ2v) is 8.52. The summed E-state index contributed by atoms with van der Waals surface area (Å²) in [4.78, 5) is 0. The van der Waals surface area contributed by atoms with Crippen LogP contribution >= 0.6 is 0 Å². The fourth-order valence-electron chi connectivity index (χ4n) is 4.86. The normalized spacial score (nSPS) is 37.9. The van der Waals surface area contributed by atoms with Gasteiger partial charge in [-0.05, 0) is 75.0 Å². The molecule has 0 radical (unpaired) electrons. The molecule has 2 atom stereocenters. The third-order valence-electron chi connectivity index (χ3n) is 6.74. The third-order valence-corrected chi connectivity index (χ3v) is 6.74. The number of ether oxygens (including phenoxy) is 1. The Hall–Kier alpha value is -0.132. The van der Waals surface area contributed by atoms with E-state index in [1.54, 1.807) is 0 Å². The van der Waals surface area contributed by atoms with Crippen LogP contribution in [0.4, 0.5) is 0 Å². The maximum Gasteiger partial charge on any atom is 0.0603 e. The first-order valence-electron chi connectivity index (χ1n) is 10.7. The molecule has 0 bridgehead atoms. The molecule has 0 aromatic rings. The van der Waals surface area contributed by atoms with Crippen LogP contribution in [-0.2, 0) is 25.8 Å². The molecule has 2 heteroatoms. The molecule has 0 spiro atoms. The summed E-state index contributed by atoms with van der Waals surface area (Å²) >= 11 is 0. The van der Waals surface area contributed by atoms with Crippen LogP contribution in [0, 0.1) is 29.6 Å². The van der Waals surface area contributed by atoms with Gasteiger partial charge in [0, 0.05) is 27.0 Å². The smallest absolute Gasteiger partial charge is 0.0603 e. The fraction of sp³-hybridized carbons (Fsp3) is 0.750. The maximum atomic E-state index is 6.28. The summed E-state index contributed by atoms with van der Waals surface area (Å²) < 4.78 is 6.28. The van der Waals surface area contributed by atoms with Gasteiger partial charge in [-0.25, -0.2) is 0 Å². The maximum absolute atomic E-state index is 6.28. The van der Waals surface area contributed by atoms with Gasteiger partial charge in [0.2, 0.25) is 0 Å². The van der Waals surface area contributed by atoms with Crippen molar-refractivity contribution in [2.75, 3.05) is 6.61 Å². The molecule has 0 N–H and O–H groups in total. The van der Waals surface area contributed by atoms with Crippen LogP contribution in [0.5, 0.6) is 0 Å². The molecule has 3 rings (SSSR count). The van der Waals surface area contributed by atoms with Crippen molar-refractivity contribution < 1.29 is 25.8 Å². The van der Waals surface area contributed by atoms with Crippen molar-refractivity contribution in [3.63, 3.8) is 0 Å². The Morgan fingerprint density at radius 3 is 1.81 bits per heavy atom. The van der Waals surface area contributed by atoms with E-state index in [4.69, 9.17) is 4.74 Å². The summed E-state index contributed by atoms with van der Waals surface area (Å²) in [6.07, 6.45) is 21.3. The van der Waals surface area contributed by atoms with Gasteiger partial charge in [0.15, 0.2) is 0 Å². The van der Waals surface area contributed by atoms with E-state index in [0.717, 1.165) is 30.3 Å². The second-order valence-electron chi connectivity index (χ2n) is 8.52. The monoisotopic (exact) mass is 528 g/mol. The Bertz CT molecular complexity index is 394. The van der Waals surface area contributed by atoms with Gasteiger partial charge in [-0.3, -0.25) is 0 Å². The molecule has 3 fully saturated rings. The van der Waals surface area contributed by atoms with E-state index in [9.17, 15) is 0 Å². The van der Waals surface area contributed by atoms with Crippen LogP contribution in [0.1, 0.15) is 71.1 Å². The summed E-state index contributed by atoms with van der Waals surface area (Å²) in [7, 11) is 0. The topological polar surface area (TPSA) is 9.23 Å². The van der Waals surface area contributed by atoms with Crippen molar-refractivity contribution in [3.8, 4) is 0 Å². The molecule has 1 saturated heterocycles. The Labute approximate surface area is 177 Å². The molecule has 26 heavy (non-hydrogen) atoms. The standard InChI is InChI=1S/C22H36O.C2H4.W/c1-3-18-10-13-21(14-11-18)22-15-12-20(16-23-22)9-8-19-6-4-17(2)5-7-19;1-2;/h3,8-9,17-22H,1,4-7,10-16H2,2H3;1-2H2;/b9-8+;;. The third kappa shape index (κ3) is 7.47. The Morgan fingerprint density at radius 1 is 0.731 bits per heavy atom. The summed E-state index contributed by atoms with van der Waals surface area (Å²) in [5.74, 6) is 4.06. The van der Waals surface area contributed by atoms with Crippen LogP contribution in [0.15, 0.2) is 38.0 Å². The molecule has 1 aliphatic heterocycles. The molecule has 1 nitrogen and oxygen atoms in total. The quantitative estimate of drug-likeness (QED) is 0.359. The Morgan fingerprint density at radius 2 is 1.27 bits per heavy atom. The number of hydrogen-bond acceptors (Lipinski definition) is 1. The van der Waals surface area contributed by atoms with Crippen molar-refractivity contribution in [2.45, 2.75) is 77.2 Å². The van der Waals surface area contributed by atoms with Gasteiger partial charge in [0.05, 0.1) is 12.7 Å². The van der Waals surface area contributed by atoms with Crippen LogP contribution in [-0.4, -0.2) is 12.7 Å². The van der Waals surface area contributed by atoms with Gasteiger partial charge in [-0.15, -0.1) is 19.7 Å². The van der Waals surface area contributed by atoms with Crippen molar-refractivity contribution >= 4 is 0 Å². The predicted molar refractivity (Wildman–Crippen MR) is 110 cm³/mol. The first-order valence-corrected chi connectivity index (χ1v) is 10.7. The molecule has 2 unspecified atom stereocenters. The van der Waals surface area contributed by atoms with Crippen molar-refractivity contribution in [3.05, 3.63) is 38.0 Å². The van der Waals surface area contributed by atoms with Crippen LogP contribution in [0.2, 0.25) is 0 Å². The van der Waals surface area contributed by atoms with E-state index < -0.39 is 0 Å². The summed E-state index contributed by atoms with van der Waals surface area (Å²) in [6, 6.07) is 0. The van der Waals surface area contributed by atoms with E-state index in [1.807, 2.05) is 0 Å². The number of rotatable bonds is 4. The average Bonchev–Trinajstić information content (AvgIpc) is 2.70. The van der Waals surface area contributed by atoms with Gasteiger partial charge in [-0.2, -0.15) is 0 Å².